The number of hydrogen-bond donors (Lipinski definition) is 0. The number of fused-ring (bicyclic) bond motifs is 5. The number of hydrogen-bond acceptors (Lipinski definition) is 0. The predicted molar refractivity (Wildman–Crippen MR) is 153 cm³/mol. The Morgan fingerprint density at radius 3 is 1.76 bits per heavy atom. The zero-order valence-corrected chi connectivity index (χ0v) is 21.2. The molecular formula is C34H48. The summed E-state index contributed by atoms with van der Waals surface area (Å²) in [5, 5.41) is 2.82. The van der Waals surface area contributed by atoms with Gasteiger partial charge in [0, 0.05) is 5.41 Å². The molecule has 34 heavy (non-hydrogen) atoms. The molecular weight excluding hydrogens is 408 g/mol. The van der Waals surface area contributed by atoms with Crippen LogP contribution in [0.3, 0.4) is 0 Å². The Morgan fingerprint density at radius 1 is 0.529 bits per heavy atom. The topological polar surface area (TPSA) is 0 Å². The molecule has 0 fully saturated rings. The minimum absolute atomic E-state index is 0. The molecule has 184 valence electrons. The molecule has 0 aliphatic heterocycles. The molecule has 0 aromatic heterocycles. The zero-order chi connectivity index (χ0) is 22.9. The van der Waals surface area contributed by atoms with E-state index >= 15 is 0 Å². The molecule has 0 nitrogen and oxygen atoms in total. The van der Waals surface area contributed by atoms with E-state index in [9.17, 15) is 0 Å². The molecule has 3 aromatic carbocycles. The Hall–Kier alpha value is -2.08. The second kappa shape index (κ2) is 13.1. The van der Waals surface area contributed by atoms with E-state index in [0.29, 0.717) is 0 Å². The van der Waals surface area contributed by atoms with Crippen LogP contribution in [-0.2, 0) is 5.41 Å². The summed E-state index contributed by atoms with van der Waals surface area (Å²) in [6.07, 6.45) is 19.1. The average molecular weight is 457 g/mol. The first-order chi connectivity index (χ1) is 16.3. The number of benzene rings is 3. The van der Waals surface area contributed by atoms with Gasteiger partial charge in [-0.15, -0.1) is 0 Å². The lowest BCUT2D eigenvalue weighted by atomic mass is 9.70. The summed E-state index contributed by atoms with van der Waals surface area (Å²) >= 11 is 0. The largest absolute Gasteiger partial charge is 0.0776 e. The molecule has 0 bridgehead atoms. The summed E-state index contributed by atoms with van der Waals surface area (Å²) < 4.78 is 0. The van der Waals surface area contributed by atoms with Crippen LogP contribution in [0.5, 0.6) is 0 Å². The van der Waals surface area contributed by atoms with Crippen LogP contribution in [0.2, 0.25) is 0 Å². The van der Waals surface area contributed by atoms with Gasteiger partial charge in [0.1, 0.15) is 0 Å². The van der Waals surface area contributed by atoms with Crippen molar-refractivity contribution in [1.29, 1.82) is 0 Å². The predicted octanol–water partition coefficient (Wildman–Crippen LogP) is 11.2. The highest BCUT2D eigenvalue weighted by atomic mass is 14.4. The Bertz CT molecular complexity index is 995. The fraction of sp³-hybridized carbons (Fsp3) is 0.529. The van der Waals surface area contributed by atoms with Gasteiger partial charge in [-0.25, -0.2) is 0 Å². The molecule has 0 spiro atoms. The molecule has 0 saturated carbocycles. The molecule has 0 radical (unpaired) electrons. The average Bonchev–Trinajstić information content (AvgIpc) is 3.14. The van der Waals surface area contributed by atoms with E-state index in [0.717, 1.165) is 0 Å². The maximum Gasteiger partial charge on any atom is 0.0215 e. The Labute approximate surface area is 210 Å². The standard InChI is InChI=1S/C33H44.CH4/c1-3-5-7-9-11-17-25-33(26-18-12-10-8-6-4-2)30-22-16-15-21-29(30)32-28-20-14-13-19-27(28)23-24-31(32)33;/h13-16,19-24H,3-12,17-18,25-26H2,1-2H3;1H4. The van der Waals surface area contributed by atoms with Gasteiger partial charge in [-0.3, -0.25) is 0 Å². The van der Waals surface area contributed by atoms with Gasteiger partial charge in [0.2, 0.25) is 0 Å². The van der Waals surface area contributed by atoms with E-state index in [1.54, 1.807) is 11.1 Å². The lowest BCUT2D eigenvalue weighted by Gasteiger charge is -2.33. The lowest BCUT2D eigenvalue weighted by molar-refractivity contribution is 0.398. The maximum atomic E-state index is 2.49. The third kappa shape index (κ3) is 5.59. The Morgan fingerprint density at radius 2 is 1.09 bits per heavy atom. The molecule has 0 amide bonds. The van der Waals surface area contributed by atoms with Gasteiger partial charge in [-0.1, -0.05) is 159 Å². The van der Waals surface area contributed by atoms with Crippen LogP contribution in [0.1, 0.15) is 122 Å². The Kier molecular flexibility index (Phi) is 10.2. The number of unbranched alkanes of at least 4 members (excludes halogenated alkanes) is 10. The SMILES string of the molecule is C.CCCCCCCCC1(CCCCCCCC)c2ccccc2-c2c1ccc1ccccc21. The third-order valence-corrected chi connectivity index (χ3v) is 8.07. The monoisotopic (exact) mass is 456 g/mol. The summed E-state index contributed by atoms with van der Waals surface area (Å²) in [4.78, 5) is 0. The third-order valence-electron chi connectivity index (χ3n) is 8.07. The molecule has 0 heteroatoms. The van der Waals surface area contributed by atoms with Crippen LogP contribution in [-0.4, -0.2) is 0 Å². The van der Waals surface area contributed by atoms with Crippen molar-refractivity contribution in [3.05, 3.63) is 71.8 Å². The highest BCUT2D eigenvalue weighted by Crippen LogP contribution is 2.55. The van der Waals surface area contributed by atoms with Crippen molar-refractivity contribution in [3.63, 3.8) is 0 Å². The van der Waals surface area contributed by atoms with Crippen LogP contribution in [0.25, 0.3) is 21.9 Å². The van der Waals surface area contributed by atoms with Gasteiger partial charge in [-0.2, -0.15) is 0 Å². The summed E-state index contributed by atoms with van der Waals surface area (Å²) in [6, 6.07) is 23.3. The van der Waals surface area contributed by atoms with Gasteiger partial charge in [0.05, 0.1) is 0 Å². The van der Waals surface area contributed by atoms with Crippen molar-refractivity contribution >= 4 is 10.8 Å². The molecule has 0 saturated heterocycles. The quantitative estimate of drug-likeness (QED) is 0.212. The molecule has 0 unspecified atom stereocenters. The van der Waals surface area contributed by atoms with Crippen LogP contribution in [0.15, 0.2) is 60.7 Å². The van der Waals surface area contributed by atoms with Crippen molar-refractivity contribution < 1.29 is 0 Å². The highest BCUT2D eigenvalue weighted by Gasteiger charge is 2.42. The van der Waals surface area contributed by atoms with Crippen molar-refractivity contribution in [1.82, 2.24) is 0 Å². The zero-order valence-electron chi connectivity index (χ0n) is 21.2. The van der Waals surface area contributed by atoms with E-state index in [1.165, 1.54) is 112 Å². The highest BCUT2D eigenvalue weighted by molar-refractivity contribution is 6.02. The fourth-order valence-electron chi connectivity index (χ4n) is 6.30. The summed E-state index contributed by atoms with van der Waals surface area (Å²) in [5.74, 6) is 0. The number of rotatable bonds is 14. The minimum atomic E-state index is 0. The second-order valence-electron chi connectivity index (χ2n) is 10.4. The van der Waals surface area contributed by atoms with Crippen LogP contribution < -0.4 is 0 Å². The molecule has 3 aromatic rings. The van der Waals surface area contributed by atoms with Gasteiger partial charge in [0.25, 0.3) is 0 Å². The lowest BCUT2D eigenvalue weighted by Crippen LogP contribution is -2.25. The van der Waals surface area contributed by atoms with Crippen LogP contribution in [0, 0.1) is 0 Å². The summed E-state index contributed by atoms with van der Waals surface area (Å²) in [6.45, 7) is 4.62. The van der Waals surface area contributed by atoms with Crippen molar-refractivity contribution in [2.24, 2.45) is 0 Å². The van der Waals surface area contributed by atoms with E-state index < -0.39 is 0 Å². The minimum Gasteiger partial charge on any atom is -0.0776 e. The molecule has 1 aliphatic carbocycles. The van der Waals surface area contributed by atoms with E-state index in [1.807, 2.05) is 0 Å². The van der Waals surface area contributed by atoms with Crippen molar-refractivity contribution in [2.75, 3.05) is 0 Å². The molecule has 0 N–H and O–H groups in total. The van der Waals surface area contributed by atoms with Gasteiger partial charge in [0.15, 0.2) is 0 Å². The maximum absolute atomic E-state index is 2.49. The van der Waals surface area contributed by atoms with E-state index in [2.05, 4.69) is 74.5 Å². The Balaban J connectivity index is 0.00000324. The van der Waals surface area contributed by atoms with Gasteiger partial charge < -0.3 is 0 Å². The van der Waals surface area contributed by atoms with Crippen LogP contribution >= 0.6 is 0 Å². The van der Waals surface area contributed by atoms with Crippen molar-refractivity contribution in [3.8, 4) is 11.1 Å². The van der Waals surface area contributed by atoms with E-state index in [-0.39, 0.29) is 12.8 Å². The first-order valence-electron chi connectivity index (χ1n) is 13.9. The smallest absolute Gasteiger partial charge is 0.0215 e. The molecule has 0 atom stereocenters. The van der Waals surface area contributed by atoms with E-state index in [4.69, 9.17) is 0 Å². The summed E-state index contributed by atoms with van der Waals surface area (Å²) in [7, 11) is 0. The van der Waals surface area contributed by atoms with Crippen molar-refractivity contribution in [2.45, 2.75) is 117 Å². The van der Waals surface area contributed by atoms with Gasteiger partial charge in [-0.05, 0) is 45.9 Å². The first-order valence-corrected chi connectivity index (χ1v) is 13.9. The van der Waals surface area contributed by atoms with Gasteiger partial charge >= 0.3 is 0 Å². The second-order valence-corrected chi connectivity index (χ2v) is 10.4. The molecule has 1 aliphatic rings. The molecule has 4 rings (SSSR count). The van der Waals surface area contributed by atoms with Crippen LogP contribution in [0.4, 0.5) is 0 Å². The summed E-state index contributed by atoms with van der Waals surface area (Å²) in [5.41, 5.74) is 6.45. The normalized spacial score (nSPS) is 13.5. The fourth-order valence-corrected chi connectivity index (χ4v) is 6.30. The first kappa shape index (κ1) is 26.5. The molecule has 0 heterocycles.